The van der Waals surface area contributed by atoms with Crippen molar-refractivity contribution >= 4 is 11.6 Å². The first-order chi connectivity index (χ1) is 9.00. The van der Waals surface area contributed by atoms with Crippen LogP contribution in [0.3, 0.4) is 0 Å². The van der Waals surface area contributed by atoms with Gasteiger partial charge in [-0.3, -0.25) is 4.79 Å². The van der Waals surface area contributed by atoms with Crippen LogP contribution in [0.5, 0.6) is 0 Å². The Morgan fingerprint density at radius 3 is 2.47 bits per heavy atom. The van der Waals surface area contributed by atoms with Gasteiger partial charge >= 0.3 is 0 Å². The van der Waals surface area contributed by atoms with Crippen LogP contribution < -0.4 is 5.32 Å². The van der Waals surface area contributed by atoms with Crippen molar-refractivity contribution in [3.05, 3.63) is 29.6 Å². The normalized spacial score (nSPS) is 17.5. The van der Waals surface area contributed by atoms with Gasteiger partial charge in [0.25, 0.3) is 0 Å². The number of benzene rings is 1. The molecule has 1 saturated carbocycles. The highest BCUT2D eigenvalue weighted by Gasteiger charge is 2.27. The van der Waals surface area contributed by atoms with Crippen molar-refractivity contribution in [2.75, 3.05) is 5.32 Å². The number of carbonyl (C=O) groups excluding carboxylic acids is 1. The van der Waals surface area contributed by atoms with E-state index >= 15 is 0 Å². The predicted octanol–water partition coefficient (Wildman–Crippen LogP) is 3.87. The average molecular weight is 271 g/mol. The minimum atomic E-state index is -1.56. The van der Waals surface area contributed by atoms with Gasteiger partial charge in [-0.2, -0.15) is 0 Å². The van der Waals surface area contributed by atoms with Crippen molar-refractivity contribution in [1.29, 1.82) is 0 Å². The first-order valence-corrected chi connectivity index (χ1v) is 6.45. The fourth-order valence-corrected chi connectivity index (χ4v) is 2.54. The number of anilines is 1. The molecule has 1 atom stereocenters. The number of rotatable bonds is 3. The molecule has 104 valence electrons. The second-order valence-corrected chi connectivity index (χ2v) is 5.05. The average Bonchev–Trinajstić information content (AvgIpc) is 2.92. The highest BCUT2D eigenvalue weighted by atomic mass is 19.2. The van der Waals surface area contributed by atoms with E-state index in [2.05, 4.69) is 5.32 Å². The molecule has 1 aromatic carbocycles. The smallest absolute Gasteiger partial charge is 0.227 e. The van der Waals surface area contributed by atoms with E-state index < -0.39 is 17.5 Å². The highest BCUT2D eigenvalue weighted by Crippen LogP contribution is 2.32. The lowest BCUT2D eigenvalue weighted by atomic mass is 9.92. The first kappa shape index (κ1) is 13.9. The molecule has 1 aromatic rings. The third-order valence-corrected chi connectivity index (χ3v) is 3.81. The topological polar surface area (TPSA) is 29.1 Å². The van der Waals surface area contributed by atoms with Crippen LogP contribution >= 0.6 is 0 Å². The van der Waals surface area contributed by atoms with Crippen molar-refractivity contribution in [2.45, 2.75) is 32.6 Å². The maximum absolute atomic E-state index is 13.4. The summed E-state index contributed by atoms with van der Waals surface area (Å²) in [6.45, 7) is 1.78. The molecule has 19 heavy (non-hydrogen) atoms. The van der Waals surface area contributed by atoms with Crippen molar-refractivity contribution in [2.24, 2.45) is 11.8 Å². The molecule has 1 aliphatic rings. The molecule has 5 heteroatoms. The molecule has 2 nitrogen and oxygen atoms in total. The van der Waals surface area contributed by atoms with Gasteiger partial charge in [-0.1, -0.05) is 19.8 Å². The summed E-state index contributed by atoms with van der Waals surface area (Å²) in [4.78, 5) is 12.0. The summed E-state index contributed by atoms with van der Waals surface area (Å²) in [7, 11) is 0. The molecule has 1 N–H and O–H groups in total. The van der Waals surface area contributed by atoms with E-state index in [9.17, 15) is 18.0 Å². The number of carbonyl (C=O) groups is 1. The van der Waals surface area contributed by atoms with Gasteiger partial charge in [-0.05, 0) is 30.9 Å². The lowest BCUT2D eigenvalue weighted by Crippen LogP contribution is -2.26. The van der Waals surface area contributed by atoms with Crippen molar-refractivity contribution < 1.29 is 18.0 Å². The Kier molecular flexibility index (Phi) is 4.12. The van der Waals surface area contributed by atoms with Crippen LogP contribution in [-0.4, -0.2) is 5.91 Å². The zero-order valence-corrected chi connectivity index (χ0v) is 10.7. The van der Waals surface area contributed by atoms with Crippen LogP contribution in [-0.2, 0) is 4.79 Å². The summed E-state index contributed by atoms with van der Waals surface area (Å²) < 4.78 is 39.2. The zero-order chi connectivity index (χ0) is 14.0. The highest BCUT2D eigenvalue weighted by molar-refractivity contribution is 5.92. The number of amides is 1. The van der Waals surface area contributed by atoms with Gasteiger partial charge in [0.15, 0.2) is 17.5 Å². The molecule has 0 saturated heterocycles. The van der Waals surface area contributed by atoms with Gasteiger partial charge < -0.3 is 5.32 Å². The Bertz CT molecular complexity index is 484. The predicted molar refractivity (Wildman–Crippen MR) is 66.1 cm³/mol. The van der Waals surface area contributed by atoms with E-state index in [0.717, 1.165) is 37.8 Å². The molecular weight excluding hydrogens is 255 g/mol. The van der Waals surface area contributed by atoms with E-state index in [0.29, 0.717) is 0 Å². The third kappa shape index (κ3) is 2.91. The molecule has 0 spiro atoms. The first-order valence-electron chi connectivity index (χ1n) is 6.45. The molecule has 1 aliphatic carbocycles. The Hall–Kier alpha value is -1.52. The molecule has 1 fully saturated rings. The maximum Gasteiger partial charge on any atom is 0.227 e. The SMILES string of the molecule is CC(C(=O)Nc1ccc(F)c(F)c1F)C1CCCC1. The number of halogens is 3. The zero-order valence-electron chi connectivity index (χ0n) is 10.7. The molecule has 0 bridgehead atoms. The summed E-state index contributed by atoms with van der Waals surface area (Å²) in [5.74, 6) is -4.50. The monoisotopic (exact) mass is 271 g/mol. The van der Waals surface area contributed by atoms with Gasteiger partial charge in [0, 0.05) is 5.92 Å². The van der Waals surface area contributed by atoms with E-state index in [-0.39, 0.29) is 23.4 Å². The van der Waals surface area contributed by atoms with Gasteiger partial charge in [0.05, 0.1) is 5.69 Å². The van der Waals surface area contributed by atoms with E-state index in [1.54, 1.807) is 6.92 Å². The summed E-state index contributed by atoms with van der Waals surface area (Å²) in [5, 5.41) is 2.33. The lowest BCUT2D eigenvalue weighted by molar-refractivity contribution is -0.120. The van der Waals surface area contributed by atoms with E-state index in [4.69, 9.17) is 0 Å². The molecular formula is C14H16F3NO. The van der Waals surface area contributed by atoms with Crippen LogP contribution in [0.2, 0.25) is 0 Å². The van der Waals surface area contributed by atoms with Crippen molar-refractivity contribution in [3.8, 4) is 0 Å². The Morgan fingerprint density at radius 1 is 1.21 bits per heavy atom. The van der Waals surface area contributed by atoms with Crippen LogP contribution in [0.1, 0.15) is 32.6 Å². The molecule has 1 unspecified atom stereocenters. The molecule has 0 aromatic heterocycles. The second kappa shape index (κ2) is 5.63. The summed E-state index contributed by atoms with van der Waals surface area (Å²) in [6.07, 6.45) is 4.16. The minimum Gasteiger partial charge on any atom is -0.323 e. The van der Waals surface area contributed by atoms with Crippen LogP contribution in [0.15, 0.2) is 12.1 Å². The maximum atomic E-state index is 13.4. The van der Waals surface area contributed by atoms with Crippen LogP contribution in [0.4, 0.5) is 18.9 Å². The van der Waals surface area contributed by atoms with E-state index in [1.165, 1.54) is 0 Å². The van der Waals surface area contributed by atoms with Crippen LogP contribution in [0.25, 0.3) is 0 Å². The number of nitrogens with one attached hydrogen (secondary N) is 1. The van der Waals surface area contributed by atoms with Crippen molar-refractivity contribution in [3.63, 3.8) is 0 Å². The third-order valence-electron chi connectivity index (χ3n) is 3.81. The number of hydrogen-bond donors (Lipinski definition) is 1. The molecule has 2 rings (SSSR count). The minimum absolute atomic E-state index is 0.255. The van der Waals surface area contributed by atoms with Gasteiger partial charge in [-0.15, -0.1) is 0 Å². The summed E-state index contributed by atoms with van der Waals surface area (Å²) in [5.41, 5.74) is -0.311. The summed E-state index contributed by atoms with van der Waals surface area (Å²) >= 11 is 0. The van der Waals surface area contributed by atoms with Gasteiger partial charge in [0.1, 0.15) is 0 Å². The Labute approximate surface area is 110 Å². The largest absolute Gasteiger partial charge is 0.323 e. The standard InChI is InChI=1S/C14H16F3NO/c1-8(9-4-2-3-5-9)14(19)18-11-7-6-10(15)12(16)13(11)17/h6-9H,2-5H2,1H3,(H,18,19). The van der Waals surface area contributed by atoms with Gasteiger partial charge in [0.2, 0.25) is 5.91 Å². The fraction of sp³-hybridized carbons (Fsp3) is 0.500. The molecule has 0 heterocycles. The fourth-order valence-electron chi connectivity index (χ4n) is 2.54. The molecule has 1 amide bonds. The number of hydrogen-bond acceptors (Lipinski definition) is 1. The second-order valence-electron chi connectivity index (χ2n) is 5.05. The Balaban J connectivity index is 2.08. The summed E-state index contributed by atoms with van der Waals surface area (Å²) in [6, 6.07) is 1.83. The van der Waals surface area contributed by atoms with Crippen molar-refractivity contribution in [1.82, 2.24) is 0 Å². The Morgan fingerprint density at radius 2 is 1.84 bits per heavy atom. The van der Waals surface area contributed by atoms with Crippen LogP contribution in [0, 0.1) is 29.3 Å². The van der Waals surface area contributed by atoms with E-state index in [1.807, 2.05) is 0 Å². The quantitative estimate of drug-likeness (QED) is 0.831. The molecule has 0 aliphatic heterocycles. The molecule has 0 radical (unpaired) electrons. The van der Waals surface area contributed by atoms with Gasteiger partial charge in [-0.25, -0.2) is 13.2 Å². The lowest BCUT2D eigenvalue weighted by Gasteiger charge is -2.18.